The quantitative estimate of drug-likeness (QED) is 0.613. The number of hydrogen-bond acceptors (Lipinski definition) is 4. The molecule has 0 aromatic heterocycles. The van der Waals surface area contributed by atoms with Crippen molar-refractivity contribution in [1.82, 2.24) is 0 Å². The second-order valence-electron chi connectivity index (χ2n) is 3.43. The monoisotopic (exact) mass is 230 g/mol. The lowest BCUT2D eigenvalue weighted by Gasteiger charge is -2.04. The van der Waals surface area contributed by atoms with E-state index in [0.29, 0.717) is 11.3 Å². The Morgan fingerprint density at radius 3 is 1.82 bits per heavy atom. The minimum Gasteiger partial charge on any atom is -0.508 e. The Morgan fingerprint density at radius 1 is 0.824 bits per heavy atom. The second-order valence-corrected chi connectivity index (χ2v) is 3.43. The van der Waals surface area contributed by atoms with E-state index in [2.05, 4.69) is 0 Å². The van der Waals surface area contributed by atoms with Gasteiger partial charge in [0, 0.05) is 0 Å². The van der Waals surface area contributed by atoms with E-state index in [9.17, 15) is 4.79 Å². The van der Waals surface area contributed by atoms with E-state index in [1.165, 1.54) is 48.5 Å². The number of rotatable bonds is 2. The summed E-state index contributed by atoms with van der Waals surface area (Å²) in [5.41, 5.74) is 0.343. The van der Waals surface area contributed by atoms with Crippen molar-refractivity contribution in [3.63, 3.8) is 0 Å². The third kappa shape index (κ3) is 2.75. The number of esters is 1. The molecule has 2 aromatic rings. The first-order valence-electron chi connectivity index (χ1n) is 4.95. The molecule has 0 amide bonds. The fraction of sp³-hybridized carbons (Fsp3) is 0. The van der Waals surface area contributed by atoms with Gasteiger partial charge < -0.3 is 14.9 Å². The van der Waals surface area contributed by atoms with Crippen molar-refractivity contribution >= 4 is 5.97 Å². The molecular weight excluding hydrogens is 220 g/mol. The third-order valence-corrected chi connectivity index (χ3v) is 2.15. The lowest BCUT2D eigenvalue weighted by Crippen LogP contribution is -2.07. The van der Waals surface area contributed by atoms with Crippen molar-refractivity contribution in [2.75, 3.05) is 0 Å². The maximum atomic E-state index is 11.6. The molecule has 2 aromatic carbocycles. The number of benzene rings is 2. The fourth-order valence-electron chi connectivity index (χ4n) is 1.28. The van der Waals surface area contributed by atoms with Crippen molar-refractivity contribution in [2.45, 2.75) is 0 Å². The van der Waals surface area contributed by atoms with E-state index in [4.69, 9.17) is 14.9 Å². The summed E-state index contributed by atoms with van der Waals surface area (Å²) >= 11 is 0. The van der Waals surface area contributed by atoms with Crippen LogP contribution >= 0.6 is 0 Å². The predicted octanol–water partition coefficient (Wildman–Crippen LogP) is 2.32. The summed E-state index contributed by atoms with van der Waals surface area (Å²) in [7, 11) is 0. The van der Waals surface area contributed by atoms with E-state index in [1.807, 2.05) is 0 Å². The molecular formula is C13H10O4. The molecule has 2 N–H and O–H groups in total. The van der Waals surface area contributed by atoms with Crippen molar-refractivity contribution in [1.29, 1.82) is 0 Å². The summed E-state index contributed by atoms with van der Waals surface area (Å²) in [4.78, 5) is 11.6. The van der Waals surface area contributed by atoms with Crippen LogP contribution in [-0.2, 0) is 0 Å². The highest BCUT2D eigenvalue weighted by Gasteiger charge is 2.08. The van der Waals surface area contributed by atoms with Gasteiger partial charge in [-0.15, -0.1) is 0 Å². The van der Waals surface area contributed by atoms with Crippen LogP contribution in [0.5, 0.6) is 17.2 Å². The smallest absolute Gasteiger partial charge is 0.343 e. The van der Waals surface area contributed by atoms with Crippen LogP contribution in [0, 0.1) is 0 Å². The van der Waals surface area contributed by atoms with E-state index in [1.54, 1.807) is 0 Å². The standard InChI is InChI=1S/C13H10O4/c14-10-3-1-9(2-4-10)13(16)17-12-7-5-11(15)6-8-12/h1-8,14-15H. The van der Waals surface area contributed by atoms with Crippen LogP contribution < -0.4 is 4.74 Å². The van der Waals surface area contributed by atoms with Gasteiger partial charge in [0.15, 0.2) is 0 Å². The topological polar surface area (TPSA) is 66.8 Å². The van der Waals surface area contributed by atoms with Gasteiger partial charge in [-0.3, -0.25) is 0 Å². The molecule has 86 valence electrons. The highest BCUT2D eigenvalue weighted by Crippen LogP contribution is 2.18. The summed E-state index contributed by atoms with van der Waals surface area (Å²) in [5, 5.41) is 18.1. The van der Waals surface area contributed by atoms with E-state index in [0.717, 1.165) is 0 Å². The number of aromatic hydroxyl groups is 2. The van der Waals surface area contributed by atoms with Crippen LogP contribution in [0.1, 0.15) is 10.4 Å². The van der Waals surface area contributed by atoms with Gasteiger partial charge in [-0.2, -0.15) is 0 Å². The molecule has 0 fully saturated rings. The van der Waals surface area contributed by atoms with Crippen molar-refractivity contribution in [3.8, 4) is 17.2 Å². The van der Waals surface area contributed by atoms with Gasteiger partial charge in [0.2, 0.25) is 0 Å². The Balaban J connectivity index is 2.11. The maximum absolute atomic E-state index is 11.6. The van der Waals surface area contributed by atoms with Gasteiger partial charge >= 0.3 is 5.97 Å². The normalized spacial score (nSPS) is 9.88. The Bertz CT molecular complexity index is 514. The zero-order valence-corrected chi connectivity index (χ0v) is 8.83. The summed E-state index contributed by atoms with van der Waals surface area (Å²) in [6.07, 6.45) is 0. The maximum Gasteiger partial charge on any atom is 0.343 e. The molecule has 4 nitrogen and oxygen atoms in total. The first-order chi connectivity index (χ1) is 8.15. The minimum absolute atomic E-state index is 0.0891. The summed E-state index contributed by atoms with van der Waals surface area (Å²) in [5.74, 6) is 0.0252. The highest BCUT2D eigenvalue weighted by atomic mass is 16.5. The number of hydrogen-bond donors (Lipinski definition) is 2. The molecule has 0 aliphatic rings. The van der Waals surface area contributed by atoms with Crippen molar-refractivity contribution in [3.05, 3.63) is 54.1 Å². The molecule has 0 saturated heterocycles. The van der Waals surface area contributed by atoms with Crippen LogP contribution in [0.2, 0.25) is 0 Å². The molecule has 0 bridgehead atoms. The van der Waals surface area contributed by atoms with Gasteiger partial charge in [-0.05, 0) is 48.5 Å². The fourth-order valence-corrected chi connectivity index (χ4v) is 1.28. The minimum atomic E-state index is -0.518. The first kappa shape index (κ1) is 11.0. The Kier molecular flexibility index (Phi) is 2.96. The number of ether oxygens (including phenoxy) is 1. The molecule has 4 heteroatoms. The number of carbonyl (C=O) groups is 1. The lowest BCUT2D eigenvalue weighted by molar-refractivity contribution is 0.0734. The zero-order chi connectivity index (χ0) is 12.3. The molecule has 0 spiro atoms. The molecule has 0 atom stereocenters. The molecule has 0 aliphatic heterocycles. The van der Waals surface area contributed by atoms with Crippen LogP contribution in [0.3, 0.4) is 0 Å². The summed E-state index contributed by atoms with van der Waals surface area (Å²) in [6.45, 7) is 0. The van der Waals surface area contributed by atoms with Gasteiger partial charge in [0.1, 0.15) is 17.2 Å². The number of phenolic OH excluding ortho intramolecular Hbond substituents is 2. The van der Waals surface area contributed by atoms with Crippen molar-refractivity contribution in [2.24, 2.45) is 0 Å². The predicted molar refractivity (Wildman–Crippen MR) is 61.2 cm³/mol. The molecule has 0 aliphatic carbocycles. The number of carbonyl (C=O) groups excluding carboxylic acids is 1. The van der Waals surface area contributed by atoms with Gasteiger partial charge in [-0.1, -0.05) is 0 Å². The summed E-state index contributed by atoms with van der Waals surface area (Å²) < 4.78 is 5.06. The zero-order valence-electron chi connectivity index (χ0n) is 8.83. The second kappa shape index (κ2) is 4.57. The molecule has 0 heterocycles. The molecule has 17 heavy (non-hydrogen) atoms. The van der Waals surface area contributed by atoms with Crippen LogP contribution in [0.15, 0.2) is 48.5 Å². The van der Waals surface area contributed by atoms with E-state index >= 15 is 0 Å². The Labute approximate surface area is 97.7 Å². The molecule has 0 unspecified atom stereocenters. The van der Waals surface area contributed by atoms with Crippen LogP contribution in [0.4, 0.5) is 0 Å². The average Bonchev–Trinajstić information content (AvgIpc) is 2.33. The van der Waals surface area contributed by atoms with Gasteiger partial charge in [0.05, 0.1) is 5.56 Å². The first-order valence-corrected chi connectivity index (χ1v) is 4.95. The Morgan fingerprint density at radius 2 is 1.29 bits per heavy atom. The molecule has 0 radical (unpaired) electrons. The largest absolute Gasteiger partial charge is 0.508 e. The van der Waals surface area contributed by atoms with Gasteiger partial charge in [0.25, 0.3) is 0 Å². The average molecular weight is 230 g/mol. The Hall–Kier alpha value is -2.49. The molecule has 2 rings (SSSR count). The summed E-state index contributed by atoms with van der Waals surface area (Å²) in [6, 6.07) is 11.6. The molecule has 0 saturated carbocycles. The van der Waals surface area contributed by atoms with Crippen molar-refractivity contribution < 1.29 is 19.7 Å². The highest BCUT2D eigenvalue weighted by molar-refractivity contribution is 5.91. The van der Waals surface area contributed by atoms with Crippen LogP contribution in [-0.4, -0.2) is 16.2 Å². The third-order valence-electron chi connectivity index (χ3n) is 2.15. The van der Waals surface area contributed by atoms with Gasteiger partial charge in [-0.25, -0.2) is 4.79 Å². The SMILES string of the molecule is O=C(Oc1ccc(O)cc1)c1ccc(O)cc1. The van der Waals surface area contributed by atoms with E-state index in [-0.39, 0.29) is 11.5 Å². The van der Waals surface area contributed by atoms with E-state index < -0.39 is 5.97 Å². The lowest BCUT2D eigenvalue weighted by atomic mass is 10.2. The number of phenols is 2. The van der Waals surface area contributed by atoms with Crippen LogP contribution in [0.25, 0.3) is 0 Å².